The summed E-state index contributed by atoms with van der Waals surface area (Å²) in [6.45, 7) is 27.1. The number of unbranched alkanes of at least 4 members (excludes halogenated alkanes) is 24. The molecule has 0 saturated carbocycles. The summed E-state index contributed by atoms with van der Waals surface area (Å²) >= 11 is 0. The van der Waals surface area contributed by atoms with Gasteiger partial charge in [-0.15, -0.1) is 0 Å². The zero-order valence-corrected chi connectivity index (χ0v) is 34.6. The third kappa shape index (κ3) is 18.1. The second-order valence-electron chi connectivity index (χ2n) is 17.7. The number of nitrogens with zero attached hydrogens (tertiary/aromatic N) is 1. The van der Waals surface area contributed by atoms with Gasteiger partial charge in [-0.3, -0.25) is 0 Å². The SMILES string of the molecule is CCCCCCCCCCCCCCC[N+](C(C)(C)CCCCCCC)(C(C)(C)CCCCCCC)C(C)(C)CCCCCCC. The molecule has 0 unspecified atom stereocenters. The third-order valence-corrected chi connectivity index (χ3v) is 12.4. The molecule has 0 fully saturated rings. The van der Waals surface area contributed by atoms with Gasteiger partial charge in [-0.1, -0.05) is 175 Å². The van der Waals surface area contributed by atoms with Crippen LogP contribution in [0.15, 0.2) is 0 Å². The van der Waals surface area contributed by atoms with Crippen LogP contribution in [0.1, 0.15) is 268 Å². The van der Waals surface area contributed by atoms with E-state index in [2.05, 4.69) is 69.2 Å². The van der Waals surface area contributed by atoms with Gasteiger partial charge >= 0.3 is 0 Å². The van der Waals surface area contributed by atoms with Crippen LogP contribution in [-0.4, -0.2) is 27.6 Å². The van der Waals surface area contributed by atoms with Crippen molar-refractivity contribution < 1.29 is 4.48 Å². The maximum Gasteiger partial charge on any atom is 0.0943 e. The molecule has 1 nitrogen and oxygen atoms in total. The Hall–Kier alpha value is -0.0400. The summed E-state index contributed by atoms with van der Waals surface area (Å²) in [5.41, 5.74) is 0.884. The van der Waals surface area contributed by atoms with E-state index < -0.39 is 0 Å². The van der Waals surface area contributed by atoms with E-state index in [9.17, 15) is 0 Å². The molecule has 0 aromatic rings. The van der Waals surface area contributed by atoms with Crippen LogP contribution in [0.25, 0.3) is 0 Å². The topological polar surface area (TPSA) is 0 Å². The van der Waals surface area contributed by atoms with E-state index in [1.54, 1.807) is 0 Å². The average molecular weight is 649 g/mol. The quantitative estimate of drug-likeness (QED) is 0.0474. The molecular weight excluding hydrogens is 555 g/mol. The van der Waals surface area contributed by atoms with E-state index in [1.807, 2.05) is 0 Å². The Morgan fingerprint density at radius 1 is 0.261 bits per heavy atom. The van der Waals surface area contributed by atoms with E-state index in [0.29, 0.717) is 16.6 Å². The fourth-order valence-corrected chi connectivity index (χ4v) is 9.79. The maximum atomic E-state index is 2.72. The lowest BCUT2D eigenvalue weighted by Gasteiger charge is -2.67. The van der Waals surface area contributed by atoms with Crippen LogP contribution in [0, 0.1) is 0 Å². The van der Waals surface area contributed by atoms with Crippen LogP contribution in [0.3, 0.4) is 0 Å². The zero-order chi connectivity index (χ0) is 34.6. The molecule has 0 aliphatic carbocycles. The second-order valence-corrected chi connectivity index (χ2v) is 17.7. The number of rotatable bonds is 35. The van der Waals surface area contributed by atoms with Crippen molar-refractivity contribution in [1.82, 2.24) is 0 Å². The Morgan fingerprint density at radius 3 is 0.696 bits per heavy atom. The predicted octanol–water partition coefficient (Wildman–Crippen LogP) is 16.3. The molecule has 1 heteroatoms. The Bertz CT molecular complexity index is 579. The minimum atomic E-state index is 0.295. The number of hydrogen-bond acceptors (Lipinski definition) is 0. The molecule has 0 N–H and O–H groups in total. The van der Waals surface area contributed by atoms with Gasteiger partial charge in [0.25, 0.3) is 0 Å². The lowest BCUT2D eigenvalue weighted by molar-refractivity contribution is -1.05. The van der Waals surface area contributed by atoms with E-state index in [4.69, 9.17) is 0 Å². The fraction of sp³-hybridized carbons (Fsp3) is 1.00. The Balaban J connectivity index is 5.73. The van der Waals surface area contributed by atoms with Gasteiger partial charge in [0.2, 0.25) is 0 Å². The molecule has 0 amide bonds. The highest BCUT2D eigenvalue weighted by Gasteiger charge is 2.60. The largest absolute Gasteiger partial charge is 0.310 e. The lowest BCUT2D eigenvalue weighted by atomic mass is 9.73. The second kappa shape index (κ2) is 27.7. The van der Waals surface area contributed by atoms with Crippen molar-refractivity contribution in [2.75, 3.05) is 6.54 Å². The normalized spacial score (nSPS) is 13.2. The number of hydrogen-bond donors (Lipinski definition) is 0. The Morgan fingerprint density at radius 2 is 0.457 bits per heavy atom. The van der Waals surface area contributed by atoms with Crippen LogP contribution in [0.5, 0.6) is 0 Å². The highest BCUT2D eigenvalue weighted by Crippen LogP contribution is 2.50. The molecule has 46 heavy (non-hydrogen) atoms. The summed E-state index contributed by atoms with van der Waals surface area (Å²) in [5.74, 6) is 0. The maximum absolute atomic E-state index is 2.72. The first-order chi connectivity index (χ1) is 22.0. The number of quaternary nitrogens is 1. The van der Waals surface area contributed by atoms with Gasteiger partial charge < -0.3 is 4.48 Å². The Labute approximate surface area is 295 Å². The van der Waals surface area contributed by atoms with E-state index >= 15 is 0 Å². The van der Waals surface area contributed by atoms with E-state index in [-0.39, 0.29) is 0 Å². The van der Waals surface area contributed by atoms with Crippen LogP contribution in [0.2, 0.25) is 0 Å². The smallest absolute Gasteiger partial charge is 0.0943 e. The van der Waals surface area contributed by atoms with Crippen molar-refractivity contribution in [3.05, 3.63) is 0 Å². The summed E-state index contributed by atoms with van der Waals surface area (Å²) in [5, 5.41) is 0. The first-order valence-corrected chi connectivity index (χ1v) is 21.9. The molecule has 0 heterocycles. The highest BCUT2D eigenvalue weighted by molar-refractivity contribution is 4.89. The minimum absolute atomic E-state index is 0.295. The van der Waals surface area contributed by atoms with Gasteiger partial charge in [0, 0.05) is 19.3 Å². The van der Waals surface area contributed by atoms with Crippen molar-refractivity contribution >= 4 is 0 Å². The van der Waals surface area contributed by atoms with Crippen molar-refractivity contribution in [2.24, 2.45) is 0 Å². The standard InChI is InChI=1S/C45H94N/c1-11-15-19-23-24-25-26-27-28-29-30-34-38-42-46(43(5,6)39-35-31-20-16-12-2,44(7,8)40-36-32-21-17-13-3)45(9,10)41-37-33-22-18-14-4/h11-42H2,1-10H3/q+1. The summed E-state index contributed by atoms with van der Waals surface area (Å²) in [4.78, 5) is 0. The fourth-order valence-electron chi connectivity index (χ4n) is 9.79. The van der Waals surface area contributed by atoms with Crippen LogP contribution in [-0.2, 0) is 0 Å². The van der Waals surface area contributed by atoms with Gasteiger partial charge in [0.15, 0.2) is 0 Å². The summed E-state index contributed by atoms with van der Waals surface area (Å²) < 4.78 is 1.33. The van der Waals surface area contributed by atoms with E-state index in [1.165, 1.54) is 210 Å². The molecule has 0 aromatic heterocycles. The lowest BCUT2D eigenvalue weighted by Crippen LogP contribution is -2.79. The molecule has 0 rings (SSSR count). The molecule has 0 aliphatic rings. The van der Waals surface area contributed by atoms with Crippen molar-refractivity contribution in [2.45, 2.75) is 285 Å². The molecule has 0 atom stereocenters. The summed E-state index contributed by atoms with van der Waals surface area (Å²) in [6.07, 6.45) is 44.0. The van der Waals surface area contributed by atoms with Crippen LogP contribution in [0.4, 0.5) is 0 Å². The van der Waals surface area contributed by atoms with Gasteiger partial charge in [-0.2, -0.15) is 0 Å². The van der Waals surface area contributed by atoms with Crippen molar-refractivity contribution in [3.63, 3.8) is 0 Å². The molecule has 0 aliphatic heterocycles. The molecule has 0 radical (unpaired) electrons. The zero-order valence-electron chi connectivity index (χ0n) is 34.6. The monoisotopic (exact) mass is 649 g/mol. The Kier molecular flexibility index (Phi) is 27.7. The molecule has 0 spiro atoms. The van der Waals surface area contributed by atoms with Crippen molar-refractivity contribution in [1.29, 1.82) is 0 Å². The molecule has 0 bridgehead atoms. The van der Waals surface area contributed by atoms with Gasteiger partial charge in [0.05, 0.1) is 23.2 Å². The molecule has 0 saturated heterocycles. The third-order valence-electron chi connectivity index (χ3n) is 12.4. The van der Waals surface area contributed by atoms with Gasteiger partial charge in [-0.25, -0.2) is 0 Å². The average Bonchev–Trinajstić information content (AvgIpc) is 3.00. The van der Waals surface area contributed by atoms with Gasteiger partial charge in [0.1, 0.15) is 0 Å². The van der Waals surface area contributed by atoms with Crippen LogP contribution >= 0.6 is 0 Å². The van der Waals surface area contributed by atoms with Crippen molar-refractivity contribution in [3.8, 4) is 0 Å². The molecule has 0 aromatic carbocycles. The summed E-state index contributed by atoms with van der Waals surface area (Å²) in [6, 6.07) is 0. The molecule has 278 valence electrons. The van der Waals surface area contributed by atoms with E-state index in [0.717, 1.165) is 0 Å². The van der Waals surface area contributed by atoms with Gasteiger partial charge in [-0.05, 0) is 73.6 Å². The summed E-state index contributed by atoms with van der Waals surface area (Å²) in [7, 11) is 0. The molecular formula is C45H94N+. The minimum Gasteiger partial charge on any atom is -0.310 e. The predicted molar refractivity (Wildman–Crippen MR) is 213 cm³/mol. The van der Waals surface area contributed by atoms with Crippen LogP contribution < -0.4 is 0 Å². The first-order valence-electron chi connectivity index (χ1n) is 21.9. The first kappa shape index (κ1) is 46.0. The highest BCUT2D eigenvalue weighted by atomic mass is 15.5.